The predicted octanol–water partition coefficient (Wildman–Crippen LogP) is 3.75. The number of nitro groups is 1. The van der Waals surface area contributed by atoms with Crippen LogP contribution in [0.15, 0.2) is 71.8 Å². The summed E-state index contributed by atoms with van der Waals surface area (Å²) in [5.74, 6) is 0.0197. The number of hydrogen-bond acceptors (Lipinski definition) is 9. The number of hydrazone groups is 1. The highest BCUT2D eigenvalue weighted by Crippen LogP contribution is 2.28. The van der Waals surface area contributed by atoms with Crippen molar-refractivity contribution in [2.45, 2.75) is 13.0 Å². The molecule has 3 aromatic rings. The van der Waals surface area contributed by atoms with Gasteiger partial charge < -0.3 is 18.9 Å². The fraction of sp³-hybridized carbons (Fsp3) is 0.160. The molecule has 0 bridgehead atoms. The molecule has 1 atom stereocenters. The lowest BCUT2D eigenvalue weighted by Crippen LogP contribution is -2.33. The highest BCUT2D eigenvalue weighted by Gasteiger charge is 2.20. The Balaban J connectivity index is 1.55. The summed E-state index contributed by atoms with van der Waals surface area (Å²) in [6.45, 7) is 1.45. The van der Waals surface area contributed by atoms with Gasteiger partial charge in [-0.2, -0.15) is 5.10 Å². The Morgan fingerprint density at radius 1 is 0.972 bits per heavy atom. The first kappa shape index (κ1) is 25.7. The first-order chi connectivity index (χ1) is 17.3. The van der Waals surface area contributed by atoms with Crippen LogP contribution in [-0.4, -0.2) is 43.3 Å². The SMILES string of the molecule is COc1ccc(C(=O)Oc2ccc(/C=N\NC(=O)[C@@H](C)Oc3ccccc3[N+](=O)[O-])cc2)cc1OC. The number of benzene rings is 3. The molecule has 186 valence electrons. The van der Waals surface area contributed by atoms with Crippen LogP contribution in [0.4, 0.5) is 5.69 Å². The second-order valence-electron chi connectivity index (χ2n) is 7.25. The number of ether oxygens (including phenoxy) is 4. The maximum atomic E-state index is 12.4. The molecular formula is C25H23N3O8. The average Bonchev–Trinajstić information content (AvgIpc) is 2.89. The molecule has 1 N–H and O–H groups in total. The van der Waals surface area contributed by atoms with Crippen LogP contribution in [0.1, 0.15) is 22.8 Å². The maximum absolute atomic E-state index is 12.4. The number of nitrogens with one attached hydrogen (secondary N) is 1. The number of esters is 1. The van der Waals surface area contributed by atoms with Gasteiger partial charge in [-0.05, 0) is 61.0 Å². The third-order valence-corrected chi connectivity index (χ3v) is 4.83. The quantitative estimate of drug-likeness (QED) is 0.148. The molecule has 0 heterocycles. The van der Waals surface area contributed by atoms with Gasteiger partial charge in [0.1, 0.15) is 5.75 Å². The fourth-order valence-corrected chi connectivity index (χ4v) is 2.96. The number of hydrogen-bond donors (Lipinski definition) is 1. The van der Waals surface area contributed by atoms with E-state index in [1.807, 2.05) is 0 Å². The molecule has 0 unspecified atom stereocenters. The van der Waals surface area contributed by atoms with Gasteiger partial charge in [-0.3, -0.25) is 14.9 Å². The van der Waals surface area contributed by atoms with Crippen molar-refractivity contribution in [2.24, 2.45) is 5.10 Å². The molecule has 0 aliphatic rings. The summed E-state index contributed by atoms with van der Waals surface area (Å²) in [5, 5.41) is 14.9. The molecule has 3 aromatic carbocycles. The van der Waals surface area contributed by atoms with Crippen LogP contribution >= 0.6 is 0 Å². The van der Waals surface area contributed by atoms with Crippen LogP contribution in [0, 0.1) is 10.1 Å². The van der Waals surface area contributed by atoms with E-state index in [-0.39, 0.29) is 17.0 Å². The molecule has 0 aliphatic carbocycles. The highest BCUT2D eigenvalue weighted by atomic mass is 16.6. The van der Waals surface area contributed by atoms with Crippen molar-refractivity contribution in [1.29, 1.82) is 0 Å². The normalized spacial score (nSPS) is 11.4. The van der Waals surface area contributed by atoms with Gasteiger partial charge in [0.2, 0.25) is 0 Å². The van der Waals surface area contributed by atoms with E-state index in [1.165, 1.54) is 51.6 Å². The summed E-state index contributed by atoms with van der Waals surface area (Å²) in [4.78, 5) is 35.1. The zero-order chi connectivity index (χ0) is 26.1. The fourth-order valence-electron chi connectivity index (χ4n) is 2.96. The summed E-state index contributed by atoms with van der Waals surface area (Å²) in [6, 6.07) is 16.9. The van der Waals surface area contributed by atoms with Crippen molar-refractivity contribution in [3.63, 3.8) is 0 Å². The van der Waals surface area contributed by atoms with E-state index in [4.69, 9.17) is 18.9 Å². The van der Waals surface area contributed by atoms with Gasteiger partial charge in [-0.25, -0.2) is 10.2 Å². The Morgan fingerprint density at radius 2 is 1.67 bits per heavy atom. The molecular weight excluding hydrogens is 470 g/mol. The summed E-state index contributed by atoms with van der Waals surface area (Å²) in [5.41, 5.74) is 2.98. The lowest BCUT2D eigenvalue weighted by molar-refractivity contribution is -0.386. The molecule has 0 saturated heterocycles. The molecule has 1 amide bonds. The van der Waals surface area contributed by atoms with Crippen LogP contribution in [-0.2, 0) is 4.79 Å². The lowest BCUT2D eigenvalue weighted by atomic mass is 10.2. The molecule has 0 saturated carbocycles. The third kappa shape index (κ3) is 6.56. The van der Waals surface area contributed by atoms with E-state index in [9.17, 15) is 19.7 Å². The standard InChI is InChI=1S/C25H23N3O8/c1-16(35-21-7-5-4-6-20(21)28(31)32)24(29)27-26-15-17-8-11-19(12-9-17)36-25(30)18-10-13-22(33-2)23(14-18)34-3/h4-16H,1-3H3,(H,27,29)/b26-15-/t16-/m1/s1. The van der Waals surface area contributed by atoms with E-state index in [0.717, 1.165) is 0 Å². The van der Waals surface area contributed by atoms with Crippen LogP contribution in [0.25, 0.3) is 0 Å². The molecule has 0 aliphatic heterocycles. The molecule has 3 rings (SSSR count). The molecule has 0 spiro atoms. The second kappa shape index (κ2) is 12.0. The third-order valence-electron chi connectivity index (χ3n) is 4.83. The largest absolute Gasteiger partial charge is 0.493 e. The van der Waals surface area contributed by atoms with Crippen LogP contribution in [0.5, 0.6) is 23.0 Å². The maximum Gasteiger partial charge on any atom is 0.343 e. The number of nitro benzene ring substituents is 1. The Morgan fingerprint density at radius 3 is 2.33 bits per heavy atom. The van der Waals surface area contributed by atoms with Crippen molar-refractivity contribution in [3.8, 4) is 23.0 Å². The van der Waals surface area contributed by atoms with Crippen molar-refractivity contribution in [3.05, 3.63) is 88.0 Å². The lowest BCUT2D eigenvalue weighted by Gasteiger charge is -2.12. The van der Waals surface area contributed by atoms with Gasteiger partial charge in [0.05, 0.1) is 30.9 Å². The molecule has 11 heteroatoms. The topological polar surface area (TPSA) is 139 Å². The highest BCUT2D eigenvalue weighted by molar-refractivity contribution is 5.92. The van der Waals surface area contributed by atoms with Crippen LogP contribution < -0.4 is 24.4 Å². The predicted molar refractivity (Wildman–Crippen MR) is 130 cm³/mol. The van der Waals surface area contributed by atoms with Gasteiger partial charge >= 0.3 is 11.7 Å². The van der Waals surface area contributed by atoms with E-state index < -0.39 is 22.9 Å². The zero-order valence-electron chi connectivity index (χ0n) is 19.7. The number of methoxy groups -OCH3 is 2. The summed E-state index contributed by atoms with van der Waals surface area (Å²) in [6.07, 6.45) is 0.358. The summed E-state index contributed by atoms with van der Waals surface area (Å²) < 4.78 is 21.1. The molecule has 0 aromatic heterocycles. The van der Waals surface area contributed by atoms with Gasteiger partial charge in [-0.15, -0.1) is 0 Å². The first-order valence-corrected chi connectivity index (χ1v) is 10.6. The second-order valence-corrected chi connectivity index (χ2v) is 7.25. The molecule has 0 fully saturated rings. The zero-order valence-corrected chi connectivity index (χ0v) is 19.7. The minimum absolute atomic E-state index is 0.0210. The Hall–Kier alpha value is -4.93. The number of carbonyl (C=O) groups excluding carboxylic acids is 2. The van der Waals surface area contributed by atoms with Crippen LogP contribution in [0.3, 0.4) is 0 Å². The molecule has 11 nitrogen and oxygen atoms in total. The van der Waals surface area contributed by atoms with Crippen molar-refractivity contribution >= 4 is 23.8 Å². The van der Waals surface area contributed by atoms with Crippen molar-refractivity contribution in [1.82, 2.24) is 5.43 Å². The summed E-state index contributed by atoms with van der Waals surface area (Å²) >= 11 is 0. The van der Waals surface area contributed by atoms with E-state index in [0.29, 0.717) is 22.8 Å². The minimum Gasteiger partial charge on any atom is -0.493 e. The molecule has 0 radical (unpaired) electrons. The van der Waals surface area contributed by atoms with E-state index >= 15 is 0 Å². The summed E-state index contributed by atoms with van der Waals surface area (Å²) in [7, 11) is 2.97. The number of carbonyl (C=O) groups is 2. The monoisotopic (exact) mass is 493 g/mol. The van der Waals surface area contributed by atoms with Gasteiger partial charge in [-0.1, -0.05) is 12.1 Å². The Labute approximate surface area is 206 Å². The smallest absolute Gasteiger partial charge is 0.343 e. The number of rotatable bonds is 10. The van der Waals surface area contributed by atoms with Gasteiger partial charge in [0, 0.05) is 6.07 Å². The number of nitrogens with zero attached hydrogens (tertiary/aromatic N) is 2. The average molecular weight is 493 g/mol. The van der Waals surface area contributed by atoms with Gasteiger partial charge in [0.15, 0.2) is 23.4 Å². The Kier molecular flexibility index (Phi) is 8.54. The Bertz CT molecular complexity index is 1270. The number of amides is 1. The molecule has 36 heavy (non-hydrogen) atoms. The van der Waals surface area contributed by atoms with Crippen LogP contribution in [0.2, 0.25) is 0 Å². The first-order valence-electron chi connectivity index (χ1n) is 10.6. The van der Waals surface area contributed by atoms with Gasteiger partial charge in [0.25, 0.3) is 5.91 Å². The minimum atomic E-state index is -1.03. The van der Waals surface area contributed by atoms with Crippen molar-refractivity contribution < 1.29 is 33.5 Å². The van der Waals surface area contributed by atoms with E-state index in [2.05, 4.69) is 10.5 Å². The number of para-hydroxylation sites is 2. The van der Waals surface area contributed by atoms with E-state index in [1.54, 1.807) is 42.5 Å². The van der Waals surface area contributed by atoms with Crippen molar-refractivity contribution in [2.75, 3.05) is 14.2 Å².